The van der Waals surface area contributed by atoms with Crippen molar-refractivity contribution in [2.24, 2.45) is 11.8 Å². The summed E-state index contributed by atoms with van der Waals surface area (Å²) in [4.78, 5) is 17.0. The number of amides is 1. The summed E-state index contributed by atoms with van der Waals surface area (Å²) in [7, 11) is 0. The lowest BCUT2D eigenvalue weighted by atomic mass is 9.78. The minimum atomic E-state index is 0.232. The summed E-state index contributed by atoms with van der Waals surface area (Å²) < 4.78 is 0. The number of anilines is 1. The van der Waals surface area contributed by atoms with Gasteiger partial charge in [0.15, 0.2) is 0 Å². The van der Waals surface area contributed by atoms with Crippen LogP contribution in [-0.4, -0.2) is 49.6 Å². The van der Waals surface area contributed by atoms with E-state index in [4.69, 9.17) is 0 Å². The number of nitrogens with zero attached hydrogens (tertiary/aromatic N) is 2. The van der Waals surface area contributed by atoms with Crippen LogP contribution in [0.15, 0.2) is 18.2 Å². The third kappa shape index (κ3) is 5.47. The van der Waals surface area contributed by atoms with E-state index in [9.17, 15) is 4.79 Å². The van der Waals surface area contributed by atoms with Crippen LogP contribution in [-0.2, 0) is 4.79 Å². The van der Waals surface area contributed by atoms with Crippen LogP contribution >= 0.6 is 0 Å². The molecule has 2 fully saturated rings. The first-order valence-corrected chi connectivity index (χ1v) is 10.7. The van der Waals surface area contributed by atoms with Crippen LogP contribution in [0.2, 0.25) is 0 Å². The first-order valence-electron chi connectivity index (χ1n) is 10.7. The van der Waals surface area contributed by atoms with E-state index in [1.807, 2.05) is 0 Å². The zero-order valence-electron chi connectivity index (χ0n) is 17.6. The van der Waals surface area contributed by atoms with E-state index in [0.29, 0.717) is 18.4 Å². The van der Waals surface area contributed by atoms with Gasteiger partial charge in [-0.3, -0.25) is 9.69 Å². The van der Waals surface area contributed by atoms with Gasteiger partial charge >= 0.3 is 0 Å². The van der Waals surface area contributed by atoms with E-state index in [0.717, 1.165) is 32.1 Å². The van der Waals surface area contributed by atoms with Gasteiger partial charge in [-0.05, 0) is 68.7 Å². The van der Waals surface area contributed by atoms with E-state index in [-0.39, 0.29) is 5.91 Å². The number of nitrogens with one attached hydrogen (secondary N) is 1. The molecule has 4 heteroatoms. The Kier molecular flexibility index (Phi) is 6.80. The zero-order valence-corrected chi connectivity index (χ0v) is 17.6. The predicted molar refractivity (Wildman–Crippen MR) is 113 cm³/mol. The number of hydrogen-bond donors (Lipinski definition) is 1. The first-order chi connectivity index (χ1) is 12.9. The second-order valence-electron chi connectivity index (χ2n) is 9.04. The number of benzene rings is 1. The molecule has 0 atom stereocenters. The lowest BCUT2D eigenvalue weighted by Crippen LogP contribution is -2.48. The van der Waals surface area contributed by atoms with Crippen molar-refractivity contribution < 1.29 is 4.79 Å². The molecule has 1 heterocycles. The molecule has 0 radical (unpaired) electrons. The Bertz CT molecular complexity index is 629. The van der Waals surface area contributed by atoms with Crippen LogP contribution in [0.4, 0.5) is 5.69 Å². The van der Waals surface area contributed by atoms with Crippen LogP contribution in [0.3, 0.4) is 0 Å². The van der Waals surface area contributed by atoms with Crippen molar-refractivity contribution in [1.29, 1.82) is 0 Å². The highest BCUT2D eigenvalue weighted by Crippen LogP contribution is 2.31. The largest absolute Gasteiger partial charge is 0.369 e. The second-order valence-corrected chi connectivity index (χ2v) is 9.04. The summed E-state index contributed by atoms with van der Waals surface area (Å²) in [6.45, 7) is 14.4. The van der Waals surface area contributed by atoms with Gasteiger partial charge in [0.1, 0.15) is 0 Å². The van der Waals surface area contributed by atoms with Crippen LogP contribution < -0.4 is 10.2 Å². The van der Waals surface area contributed by atoms with Gasteiger partial charge in [-0.2, -0.15) is 0 Å². The maximum absolute atomic E-state index is 11.8. The minimum absolute atomic E-state index is 0.232. The molecule has 4 nitrogen and oxygen atoms in total. The third-order valence-corrected chi connectivity index (χ3v) is 6.34. The molecular formula is C23H37N3O. The Morgan fingerprint density at radius 3 is 2.52 bits per heavy atom. The van der Waals surface area contributed by atoms with Crippen molar-refractivity contribution in [2.45, 2.75) is 59.4 Å². The normalized spacial score (nSPS) is 23.4. The van der Waals surface area contributed by atoms with E-state index in [1.54, 1.807) is 0 Å². The fourth-order valence-corrected chi connectivity index (χ4v) is 4.40. The zero-order chi connectivity index (χ0) is 19.4. The molecule has 1 amide bonds. The maximum Gasteiger partial charge on any atom is 0.220 e. The van der Waals surface area contributed by atoms with Crippen molar-refractivity contribution in [3.63, 3.8) is 0 Å². The number of rotatable bonds is 7. The molecule has 0 spiro atoms. The minimum Gasteiger partial charge on any atom is -0.369 e. The molecule has 1 N–H and O–H groups in total. The third-order valence-electron chi connectivity index (χ3n) is 6.34. The number of hydrogen-bond acceptors (Lipinski definition) is 3. The quantitative estimate of drug-likeness (QED) is 0.793. The molecule has 0 aromatic heterocycles. The van der Waals surface area contributed by atoms with Gasteiger partial charge in [-0.15, -0.1) is 0 Å². The fourth-order valence-electron chi connectivity index (χ4n) is 4.40. The Morgan fingerprint density at radius 2 is 1.85 bits per heavy atom. The smallest absolute Gasteiger partial charge is 0.220 e. The molecular weight excluding hydrogens is 334 g/mol. The molecule has 1 saturated carbocycles. The van der Waals surface area contributed by atoms with E-state index in [1.165, 1.54) is 42.6 Å². The molecule has 1 aliphatic carbocycles. The molecule has 1 aromatic rings. The highest BCUT2D eigenvalue weighted by Gasteiger charge is 2.30. The van der Waals surface area contributed by atoms with Crippen LogP contribution in [0.5, 0.6) is 0 Å². The van der Waals surface area contributed by atoms with Crippen LogP contribution in [0.25, 0.3) is 0 Å². The molecule has 2 aliphatic rings. The molecule has 3 rings (SSSR count). The Morgan fingerprint density at radius 1 is 1.15 bits per heavy atom. The topological polar surface area (TPSA) is 35.6 Å². The van der Waals surface area contributed by atoms with E-state index < -0.39 is 0 Å². The SMILES string of the molecule is Cc1cccc(N2CCN(CCC3CC(NC(=O)CC(C)C)C3)CC2)c1C. The van der Waals surface area contributed by atoms with Crippen molar-refractivity contribution in [3.05, 3.63) is 29.3 Å². The van der Waals surface area contributed by atoms with Gasteiger partial charge in [-0.1, -0.05) is 26.0 Å². The summed E-state index contributed by atoms with van der Waals surface area (Å²) in [6.07, 6.45) is 4.28. The van der Waals surface area contributed by atoms with Crippen molar-refractivity contribution in [2.75, 3.05) is 37.6 Å². The number of piperazine rings is 1. The average molecular weight is 372 g/mol. The van der Waals surface area contributed by atoms with Gasteiger partial charge < -0.3 is 10.2 Å². The Balaban J connectivity index is 1.33. The van der Waals surface area contributed by atoms with Crippen LogP contribution in [0, 0.1) is 25.7 Å². The van der Waals surface area contributed by atoms with E-state index in [2.05, 4.69) is 61.0 Å². The van der Waals surface area contributed by atoms with E-state index >= 15 is 0 Å². The molecule has 27 heavy (non-hydrogen) atoms. The molecule has 1 aliphatic heterocycles. The predicted octanol–water partition coefficient (Wildman–Crippen LogP) is 3.76. The lowest BCUT2D eigenvalue weighted by Gasteiger charge is -2.40. The van der Waals surface area contributed by atoms with Gasteiger partial charge in [0.2, 0.25) is 5.91 Å². The molecule has 0 bridgehead atoms. The first kappa shape index (κ1) is 20.2. The lowest BCUT2D eigenvalue weighted by molar-refractivity contribution is -0.123. The highest BCUT2D eigenvalue weighted by atomic mass is 16.1. The fraction of sp³-hybridized carbons (Fsp3) is 0.696. The Labute approximate surface area is 165 Å². The summed E-state index contributed by atoms with van der Waals surface area (Å²) >= 11 is 0. The van der Waals surface area contributed by atoms with Gasteiger partial charge in [0.05, 0.1) is 0 Å². The number of carbonyl (C=O) groups is 1. The van der Waals surface area contributed by atoms with Crippen molar-refractivity contribution >= 4 is 11.6 Å². The van der Waals surface area contributed by atoms with Gasteiger partial charge in [0, 0.05) is 44.3 Å². The summed E-state index contributed by atoms with van der Waals surface area (Å²) in [6, 6.07) is 7.07. The monoisotopic (exact) mass is 371 g/mol. The number of aryl methyl sites for hydroxylation is 1. The summed E-state index contributed by atoms with van der Waals surface area (Å²) in [5.74, 6) is 1.48. The van der Waals surface area contributed by atoms with Crippen LogP contribution in [0.1, 0.15) is 50.7 Å². The average Bonchev–Trinajstić information content (AvgIpc) is 2.59. The number of carbonyl (C=O) groups excluding carboxylic acids is 1. The van der Waals surface area contributed by atoms with Gasteiger partial charge in [-0.25, -0.2) is 0 Å². The highest BCUT2D eigenvalue weighted by molar-refractivity contribution is 5.76. The Hall–Kier alpha value is -1.55. The maximum atomic E-state index is 11.8. The summed E-state index contributed by atoms with van der Waals surface area (Å²) in [5, 5.41) is 3.19. The standard InChI is InChI=1S/C23H37N3O/c1-17(2)14-23(27)24-21-15-20(16-21)8-9-25-10-12-26(13-11-25)22-7-5-6-18(3)19(22)4/h5-7,17,20-21H,8-16H2,1-4H3,(H,24,27). The molecule has 0 unspecified atom stereocenters. The molecule has 150 valence electrons. The van der Waals surface area contributed by atoms with Crippen molar-refractivity contribution in [1.82, 2.24) is 10.2 Å². The summed E-state index contributed by atoms with van der Waals surface area (Å²) in [5.41, 5.74) is 4.22. The molecule has 1 aromatic carbocycles. The van der Waals surface area contributed by atoms with Gasteiger partial charge in [0.25, 0.3) is 0 Å². The molecule has 1 saturated heterocycles. The second kappa shape index (κ2) is 9.09. The van der Waals surface area contributed by atoms with Crippen molar-refractivity contribution in [3.8, 4) is 0 Å².